The summed E-state index contributed by atoms with van der Waals surface area (Å²) in [6.45, 7) is 10.4. The van der Waals surface area contributed by atoms with Crippen LogP contribution in [0.4, 0.5) is 0 Å². The first kappa shape index (κ1) is 13.6. The van der Waals surface area contributed by atoms with E-state index in [1.165, 1.54) is 5.57 Å². The van der Waals surface area contributed by atoms with Crippen LogP contribution in [0.3, 0.4) is 0 Å². The second-order valence-electron chi connectivity index (χ2n) is 5.78. The Hall–Kier alpha value is -0.860. The van der Waals surface area contributed by atoms with Crippen LogP contribution >= 0.6 is 0 Å². The maximum Gasteiger partial charge on any atom is 0.183 e. The molecule has 2 aliphatic rings. The van der Waals surface area contributed by atoms with Crippen molar-refractivity contribution in [1.82, 2.24) is 0 Å². The summed E-state index contributed by atoms with van der Waals surface area (Å²) >= 11 is 0. The topological polar surface area (TPSA) is 18.5 Å². The molecule has 0 aromatic rings. The lowest BCUT2D eigenvalue weighted by molar-refractivity contribution is -0.175. The summed E-state index contributed by atoms with van der Waals surface area (Å²) in [6, 6.07) is 0. The zero-order valence-corrected chi connectivity index (χ0v) is 11.8. The maximum absolute atomic E-state index is 5.76. The summed E-state index contributed by atoms with van der Waals surface area (Å²) in [7, 11) is 0. The summed E-state index contributed by atoms with van der Waals surface area (Å²) in [5, 5.41) is 0. The zero-order chi connectivity index (χ0) is 13.1. The predicted molar refractivity (Wildman–Crippen MR) is 74.2 cm³/mol. The SMILES string of the molecule is CC1C=C(C(C)C)C=CC(C2OCC(C)CO2)=C1. The molecule has 2 nitrogen and oxygen atoms in total. The van der Waals surface area contributed by atoms with Gasteiger partial charge in [-0.05, 0) is 17.4 Å². The predicted octanol–water partition coefficient (Wildman–Crippen LogP) is 3.71. The van der Waals surface area contributed by atoms with Crippen molar-refractivity contribution in [1.29, 1.82) is 0 Å². The number of hydrogen-bond acceptors (Lipinski definition) is 2. The van der Waals surface area contributed by atoms with Gasteiger partial charge < -0.3 is 9.47 Å². The summed E-state index contributed by atoms with van der Waals surface area (Å²) < 4.78 is 11.5. The van der Waals surface area contributed by atoms with Crippen molar-refractivity contribution in [2.75, 3.05) is 13.2 Å². The van der Waals surface area contributed by atoms with Gasteiger partial charge in [0, 0.05) is 11.5 Å². The number of ether oxygens (including phenoxy) is 2. The summed E-state index contributed by atoms with van der Waals surface area (Å²) in [4.78, 5) is 0. The second kappa shape index (κ2) is 5.85. The van der Waals surface area contributed by atoms with Gasteiger partial charge in [0.15, 0.2) is 6.29 Å². The molecule has 0 amide bonds. The average Bonchev–Trinajstić information content (AvgIpc) is 2.52. The molecule has 0 N–H and O–H groups in total. The Bertz CT molecular complexity index is 369. The second-order valence-corrected chi connectivity index (χ2v) is 5.78. The third-order valence-electron chi connectivity index (χ3n) is 3.38. The van der Waals surface area contributed by atoms with E-state index >= 15 is 0 Å². The van der Waals surface area contributed by atoms with Crippen molar-refractivity contribution < 1.29 is 9.47 Å². The Labute approximate surface area is 110 Å². The average molecular weight is 248 g/mol. The highest BCUT2D eigenvalue weighted by atomic mass is 16.7. The van der Waals surface area contributed by atoms with E-state index in [0.29, 0.717) is 17.8 Å². The van der Waals surface area contributed by atoms with Gasteiger partial charge in [0.1, 0.15) is 0 Å². The zero-order valence-electron chi connectivity index (χ0n) is 11.8. The molecule has 0 saturated carbocycles. The van der Waals surface area contributed by atoms with E-state index < -0.39 is 0 Å². The molecule has 2 rings (SSSR count). The van der Waals surface area contributed by atoms with Crippen LogP contribution in [0.25, 0.3) is 0 Å². The summed E-state index contributed by atoms with van der Waals surface area (Å²) in [6.07, 6.45) is 8.73. The number of allylic oxidation sites excluding steroid dienone is 4. The lowest BCUT2D eigenvalue weighted by atomic mass is 9.99. The molecule has 18 heavy (non-hydrogen) atoms. The standard InChI is InChI=1S/C16H24O2/c1-11(2)14-5-6-15(8-12(3)7-14)16-17-9-13(4)10-18-16/h5-8,11-13,16H,9-10H2,1-4H3. The largest absolute Gasteiger partial charge is 0.348 e. The van der Waals surface area contributed by atoms with Gasteiger partial charge in [-0.2, -0.15) is 0 Å². The van der Waals surface area contributed by atoms with Crippen LogP contribution in [0.5, 0.6) is 0 Å². The van der Waals surface area contributed by atoms with Gasteiger partial charge >= 0.3 is 0 Å². The van der Waals surface area contributed by atoms with Crippen molar-refractivity contribution >= 4 is 0 Å². The van der Waals surface area contributed by atoms with E-state index in [2.05, 4.69) is 52.0 Å². The normalized spacial score (nSPS) is 33.1. The summed E-state index contributed by atoms with van der Waals surface area (Å²) in [5.74, 6) is 1.49. The molecular weight excluding hydrogens is 224 g/mol. The van der Waals surface area contributed by atoms with Crippen molar-refractivity contribution in [2.24, 2.45) is 17.8 Å². The molecular formula is C16H24O2. The Morgan fingerprint density at radius 2 is 1.72 bits per heavy atom. The molecule has 0 aromatic carbocycles. The van der Waals surface area contributed by atoms with Crippen LogP contribution in [-0.2, 0) is 9.47 Å². The van der Waals surface area contributed by atoms with Gasteiger partial charge in [-0.25, -0.2) is 0 Å². The van der Waals surface area contributed by atoms with E-state index in [0.717, 1.165) is 18.8 Å². The van der Waals surface area contributed by atoms with Crippen molar-refractivity contribution in [3.63, 3.8) is 0 Å². The molecule has 1 atom stereocenters. The molecule has 1 aliphatic heterocycles. The number of hydrogen-bond donors (Lipinski definition) is 0. The van der Waals surface area contributed by atoms with Crippen molar-refractivity contribution in [3.8, 4) is 0 Å². The Morgan fingerprint density at radius 1 is 1.06 bits per heavy atom. The maximum atomic E-state index is 5.76. The van der Waals surface area contributed by atoms with E-state index in [4.69, 9.17) is 9.47 Å². The fourth-order valence-corrected chi connectivity index (χ4v) is 2.29. The van der Waals surface area contributed by atoms with Crippen LogP contribution in [0.15, 0.2) is 35.5 Å². The lowest BCUT2D eigenvalue weighted by Gasteiger charge is -2.28. The molecule has 1 heterocycles. The van der Waals surface area contributed by atoms with Gasteiger partial charge in [0.2, 0.25) is 0 Å². The quantitative estimate of drug-likeness (QED) is 0.741. The lowest BCUT2D eigenvalue weighted by Crippen LogP contribution is -2.31. The highest BCUT2D eigenvalue weighted by molar-refractivity contribution is 5.35. The minimum atomic E-state index is -0.181. The van der Waals surface area contributed by atoms with Gasteiger partial charge in [-0.1, -0.05) is 52.0 Å². The van der Waals surface area contributed by atoms with Gasteiger partial charge in [0.25, 0.3) is 0 Å². The van der Waals surface area contributed by atoms with Crippen LogP contribution in [0, 0.1) is 17.8 Å². The Kier molecular flexibility index (Phi) is 4.41. The van der Waals surface area contributed by atoms with Gasteiger partial charge in [-0.15, -0.1) is 0 Å². The molecule has 1 aliphatic carbocycles. The van der Waals surface area contributed by atoms with Gasteiger partial charge in [-0.3, -0.25) is 0 Å². The first-order valence-corrected chi connectivity index (χ1v) is 6.91. The molecule has 0 bridgehead atoms. The molecule has 100 valence electrons. The smallest absolute Gasteiger partial charge is 0.183 e. The minimum Gasteiger partial charge on any atom is -0.348 e. The number of rotatable bonds is 2. The first-order valence-electron chi connectivity index (χ1n) is 6.91. The van der Waals surface area contributed by atoms with Crippen LogP contribution in [-0.4, -0.2) is 19.5 Å². The van der Waals surface area contributed by atoms with Crippen LogP contribution in [0.2, 0.25) is 0 Å². The fraction of sp³-hybridized carbons (Fsp3) is 0.625. The molecule has 0 aromatic heterocycles. The first-order chi connectivity index (χ1) is 8.56. The molecule has 2 heteroatoms. The van der Waals surface area contributed by atoms with E-state index in [9.17, 15) is 0 Å². The molecule has 1 unspecified atom stereocenters. The highest BCUT2D eigenvalue weighted by Crippen LogP contribution is 2.25. The van der Waals surface area contributed by atoms with Crippen LogP contribution in [0.1, 0.15) is 27.7 Å². The fourth-order valence-electron chi connectivity index (χ4n) is 2.29. The Balaban J connectivity index is 2.09. The van der Waals surface area contributed by atoms with E-state index in [-0.39, 0.29) is 6.29 Å². The highest BCUT2D eigenvalue weighted by Gasteiger charge is 2.22. The third kappa shape index (κ3) is 3.33. The molecule has 1 saturated heterocycles. The van der Waals surface area contributed by atoms with E-state index in [1.807, 2.05) is 0 Å². The van der Waals surface area contributed by atoms with Gasteiger partial charge in [0.05, 0.1) is 13.2 Å². The van der Waals surface area contributed by atoms with Crippen molar-refractivity contribution in [3.05, 3.63) is 35.5 Å². The molecule has 0 radical (unpaired) electrons. The minimum absolute atomic E-state index is 0.181. The summed E-state index contributed by atoms with van der Waals surface area (Å²) in [5.41, 5.74) is 2.54. The van der Waals surface area contributed by atoms with Crippen molar-refractivity contribution in [2.45, 2.75) is 34.0 Å². The monoisotopic (exact) mass is 248 g/mol. The van der Waals surface area contributed by atoms with Crippen LogP contribution < -0.4 is 0 Å². The van der Waals surface area contributed by atoms with E-state index in [1.54, 1.807) is 0 Å². The third-order valence-corrected chi connectivity index (χ3v) is 3.38. The Morgan fingerprint density at radius 3 is 2.33 bits per heavy atom. The molecule has 0 spiro atoms. The molecule has 1 fully saturated rings.